The molecular weight excluding hydrogens is 290 g/mol. The first-order chi connectivity index (χ1) is 8.71. The zero-order valence-corrected chi connectivity index (χ0v) is 9.96. The van der Waals surface area contributed by atoms with Crippen LogP contribution in [0.3, 0.4) is 0 Å². The van der Waals surface area contributed by atoms with Gasteiger partial charge in [-0.15, -0.1) is 11.3 Å². The van der Waals surface area contributed by atoms with Gasteiger partial charge in [0, 0.05) is 10.4 Å². The number of alkyl halides is 6. The van der Waals surface area contributed by atoms with Gasteiger partial charge in [0.25, 0.3) is 0 Å². The molecule has 2 aromatic rings. The van der Waals surface area contributed by atoms with Gasteiger partial charge in [-0.25, -0.2) is 0 Å². The lowest BCUT2D eigenvalue weighted by Crippen LogP contribution is -2.13. The molecule has 0 nitrogen and oxygen atoms in total. The van der Waals surface area contributed by atoms with Crippen LogP contribution >= 0.6 is 11.3 Å². The molecule has 0 atom stereocenters. The molecule has 0 aliphatic heterocycles. The summed E-state index contributed by atoms with van der Waals surface area (Å²) in [5.41, 5.74) is -3.35. The van der Waals surface area contributed by atoms with E-state index in [1.54, 1.807) is 0 Å². The van der Waals surface area contributed by atoms with Gasteiger partial charge >= 0.3 is 12.4 Å². The molecule has 19 heavy (non-hydrogen) atoms. The van der Waals surface area contributed by atoms with Crippen LogP contribution in [0.5, 0.6) is 0 Å². The van der Waals surface area contributed by atoms with Crippen molar-refractivity contribution in [3.8, 4) is 10.4 Å². The Bertz CT molecular complexity index is 533. The lowest BCUT2D eigenvalue weighted by atomic mass is 9.98. The van der Waals surface area contributed by atoms with E-state index in [0.29, 0.717) is 12.1 Å². The zero-order chi connectivity index (χ0) is 14.3. The number of halogens is 6. The molecule has 0 bridgehead atoms. The molecule has 7 heteroatoms. The van der Waals surface area contributed by atoms with Crippen molar-refractivity contribution in [1.29, 1.82) is 0 Å². The van der Waals surface area contributed by atoms with E-state index in [-0.39, 0.29) is 4.88 Å². The predicted molar refractivity (Wildman–Crippen MR) is 59.8 cm³/mol. The van der Waals surface area contributed by atoms with Crippen LogP contribution in [0.1, 0.15) is 11.1 Å². The third-order valence-corrected chi connectivity index (χ3v) is 3.33. The Morgan fingerprint density at radius 2 is 1.26 bits per heavy atom. The van der Waals surface area contributed by atoms with E-state index in [0.717, 1.165) is 17.4 Å². The maximum Gasteiger partial charge on any atom is 0.417 e. The smallest absolute Gasteiger partial charge is 0.166 e. The third-order valence-electron chi connectivity index (χ3n) is 2.44. The fraction of sp³-hybridized carbons (Fsp3) is 0.167. The van der Waals surface area contributed by atoms with Crippen molar-refractivity contribution in [2.45, 2.75) is 12.4 Å². The summed E-state index contributed by atoms with van der Waals surface area (Å²) in [6.45, 7) is 0. The van der Waals surface area contributed by atoms with Crippen molar-refractivity contribution in [3.05, 3.63) is 46.8 Å². The Morgan fingerprint density at radius 1 is 0.737 bits per heavy atom. The van der Waals surface area contributed by atoms with Gasteiger partial charge in [0.15, 0.2) is 0 Å². The zero-order valence-electron chi connectivity index (χ0n) is 9.14. The van der Waals surface area contributed by atoms with Gasteiger partial charge in [-0.3, -0.25) is 0 Å². The molecule has 0 unspecified atom stereocenters. The van der Waals surface area contributed by atoms with Crippen molar-refractivity contribution in [2.24, 2.45) is 0 Å². The molecule has 0 spiro atoms. The summed E-state index contributed by atoms with van der Waals surface area (Å²) in [6.07, 6.45) is -9.67. The van der Waals surface area contributed by atoms with Gasteiger partial charge in [0.05, 0.1) is 11.1 Å². The highest BCUT2D eigenvalue weighted by molar-refractivity contribution is 7.13. The molecule has 0 fully saturated rings. The molecule has 0 radical (unpaired) electrons. The largest absolute Gasteiger partial charge is 0.417 e. The lowest BCUT2D eigenvalue weighted by molar-refractivity contribution is -0.142. The summed E-state index contributed by atoms with van der Waals surface area (Å²) in [5.74, 6) is 0. The van der Waals surface area contributed by atoms with Gasteiger partial charge in [-0.2, -0.15) is 26.3 Å². The van der Waals surface area contributed by atoms with E-state index in [1.165, 1.54) is 17.5 Å². The number of hydrogen-bond donors (Lipinski definition) is 0. The second-order valence-electron chi connectivity index (χ2n) is 3.70. The lowest BCUT2D eigenvalue weighted by Gasteiger charge is -2.17. The minimum absolute atomic E-state index is 0.0553. The Morgan fingerprint density at radius 3 is 1.63 bits per heavy atom. The molecule has 0 saturated heterocycles. The first-order valence-corrected chi connectivity index (χ1v) is 5.90. The number of thiophene rings is 1. The van der Waals surface area contributed by atoms with Crippen molar-refractivity contribution in [3.63, 3.8) is 0 Å². The molecule has 0 N–H and O–H groups in total. The average Bonchev–Trinajstić information content (AvgIpc) is 2.78. The molecule has 1 heterocycles. The third kappa shape index (κ3) is 2.75. The highest BCUT2D eigenvalue weighted by Crippen LogP contribution is 2.45. The van der Waals surface area contributed by atoms with Gasteiger partial charge < -0.3 is 0 Å². The van der Waals surface area contributed by atoms with Gasteiger partial charge in [0.2, 0.25) is 0 Å². The van der Waals surface area contributed by atoms with Gasteiger partial charge in [0.1, 0.15) is 0 Å². The quantitative estimate of drug-likeness (QED) is 0.614. The summed E-state index contributed by atoms with van der Waals surface area (Å²) in [6, 6.07) is 4.73. The van der Waals surface area contributed by atoms with Crippen molar-refractivity contribution in [1.82, 2.24) is 0 Å². The molecule has 1 aromatic carbocycles. The molecule has 102 valence electrons. The Hall–Kier alpha value is -1.50. The molecule has 0 aliphatic carbocycles. The highest BCUT2D eigenvalue weighted by atomic mass is 32.1. The highest BCUT2D eigenvalue weighted by Gasteiger charge is 2.41. The van der Waals surface area contributed by atoms with Crippen LogP contribution < -0.4 is 0 Å². The SMILES string of the molecule is FC(F)(F)c1cccc(C(F)(F)F)c1-c1cccs1. The normalized spacial score (nSPS) is 12.7. The minimum atomic E-state index is -4.83. The summed E-state index contributed by atoms with van der Waals surface area (Å²) >= 11 is 0.837. The van der Waals surface area contributed by atoms with E-state index in [2.05, 4.69) is 0 Å². The van der Waals surface area contributed by atoms with E-state index in [1.807, 2.05) is 0 Å². The Labute approximate surface area is 108 Å². The van der Waals surface area contributed by atoms with Crippen molar-refractivity contribution in [2.75, 3.05) is 0 Å². The second-order valence-corrected chi connectivity index (χ2v) is 4.65. The fourth-order valence-corrected chi connectivity index (χ4v) is 2.51. The Balaban J connectivity index is 2.78. The predicted octanol–water partition coefficient (Wildman–Crippen LogP) is 5.45. The fourth-order valence-electron chi connectivity index (χ4n) is 1.71. The Kier molecular flexibility index (Phi) is 3.34. The summed E-state index contributed by atoms with van der Waals surface area (Å²) in [7, 11) is 0. The van der Waals surface area contributed by atoms with Crippen LogP contribution in [0, 0.1) is 0 Å². The molecule has 0 aliphatic rings. The van der Waals surface area contributed by atoms with Crippen LogP contribution in [0.2, 0.25) is 0 Å². The molecule has 0 amide bonds. The number of hydrogen-bond acceptors (Lipinski definition) is 1. The standard InChI is InChI=1S/C12H6F6S/c13-11(14,15)7-3-1-4-8(12(16,17)18)10(7)9-5-2-6-19-9/h1-6H. The molecule has 1 aromatic heterocycles. The summed E-state index contributed by atoms with van der Waals surface area (Å²) < 4.78 is 77.1. The van der Waals surface area contributed by atoms with Crippen LogP contribution in [-0.4, -0.2) is 0 Å². The van der Waals surface area contributed by atoms with Crippen LogP contribution in [-0.2, 0) is 12.4 Å². The van der Waals surface area contributed by atoms with E-state index >= 15 is 0 Å². The van der Waals surface area contributed by atoms with E-state index < -0.39 is 29.0 Å². The van der Waals surface area contributed by atoms with Crippen molar-refractivity contribution < 1.29 is 26.3 Å². The number of rotatable bonds is 1. The second kappa shape index (κ2) is 4.56. The van der Waals surface area contributed by atoms with Gasteiger partial charge in [-0.05, 0) is 23.6 Å². The molecule has 0 saturated carbocycles. The van der Waals surface area contributed by atoms with Gasteiger partial charge in [-0.1, -0.05) is 12.1 Å². The topological polar surface area (TPSA) is 0 Å². The summed E-state index contributed by atoms with van der Waals surface area (Å²) in [5, 5.41) is 1.43. The van der Waals surface area contributed by atoms with E-state index in [4.69, 9.17) is 0 Å². The van der Waals surface area contributed by atoms with E-state index in [9.17, 15) is 26.3 Å². The summed E-state index contributed by atoms with van der Waals surface area (Å²) in [4.78, 5) is -0.0553. The minimum Gasteiger partial charge on any atom is -0.166 e. The van der Waals surface area contributed by atoms with Crippen LogP contribution in [0.15, 0.2) is 35.7 Å². The van der Waals surface area contributed by atoms with Crippen LogP contribution in [0.25, 0.3) is 10.4 Å². The average molecular weight is 296 g/mol. The molecular formula is C12H6F6S. The monoisotopic (exact) mass is 296 g/mol. The maximum atomic E-state index is 12.8. The first kappa shape index (κ1) is 13.9. The maximum absolute atomic E-state index is 12.8. The first-order valence-electron chi connectivity index (χ1n) is 5.02. The number of benzene rings is 1. The van der Waals surface area contributed by atoms with Crippen LogP contribution in [0.4, 0.5) is 26.3 Å². The van der Waals surface area contributed by atoms with Crippen molar-refractivity contribution >= 4 is 11.3 Å². The molecule has 2 rings (SSSR count).